The van der Waals surface area contributed by atoms with Gasteiger partial charge in [-0.1, -0.05) is 283 Å². The molecule has 0 atom stereocenters. The first kappa shape index (κ1) is 78.7. The van der Waals surface area contributed by atoms with E-state index in [0.717, 1.165) is 133 Å². The predicted octanol–water partition coefficient (Wildman–Crippen LogP) is 31.4. The third kappa shape index (κ3) is 22.6. The van der Waals surface area contributed by atoms with Crippen molar-refractivity contribution in [3.63, 3.8) is 0 Å². The predicted molar refractivity (Wildman–Crippen MR) is 528 cm³/mol. The van der Waals surface area contributed by atoms with E-state index in [1.54, 1.807) is 84.0 Å². The van der Waals surface area contributed by atoms with E-state index in [0.29, 0.717) is 33.7 Å². The molecule has 0 spiro atoms. The molecule has 0 aliphatic heterocycles. The van der Waals surface area contributed by atoms with Crippen LogP contribution < -0.4 is 0 Å². The van der Waals surface area contributed by atoms with Gasteiger partial charge in [-0.25, -0.2) is 0 Å². The molecule has 0 aliphatic rings. The molecular weight excluding hydrogens is 2130 g/mol. The van der Waals surface area contributed by atoms with E-state index in [1.165, 1.54) is 51.8 Å². The molecule has 0 saturated heterocycles. The number of hydrogen-bond acceptors (Lipinski definition) is 9. The fourth-order valence-electron chi connectivity index (χ4n) is 15.2. The Hall–Kier alpha value is -12.3. The molecule has 0 aliphatic carbocycles. The SMILES string of the molecule is Cc1c[c-]c(-c2ccc(C)cn2)cc1.Cc1ccc(-c2[c-]cccc2)nc1.Cc1cnc(-c2[c-]ccc3c2oc2c4ccccc4ccc32)cc1CC(C)(C)C.[2H]C([2H])([2H])c1ccc(-c2[c-]cccc2)nc1.[2H]C([2H])([2H])c1cnc(-c2[c-]ccc3c2oc2c4ccccc4ccc32)cc1C([2H])([2H])C(C)(C)C.[2H]C([2H])([2H])c1cnc(-c2[c-]ccc3c2oc2c4ccccc4ccc32)cc1C([2H])([2H])C(C)(C)C.[Ir].[Ir].[Ir]. The number of nitrogens with zero attached hydrogens (tertiary/aromatic N) is 6. The van der Waals surface area contributed by atoms with Crippen LogP contribution in [0.5, 0.6) is 0 Å². The van der Waals surface area contributed by atoms with Crippen LogP contribution in [0.1, 0.15) is 136 Å². The van der Waals surface area contributed by atoms with Crippen molar-refractivity contribution in [2.75, 3.05) is 0 Å². The largest absolute Gasteiger partial charge is 0.500 e. The van der Waals surface area contributed by atoms with Crippen LogP contribution in [0, 0.1) is 101 Å². The van der Waals surface area contributed by atoms with Crippen LogP contribution in [-0.2, 0) is 79.5 Å². The van der Waals surface area contributed by atoms with Gasteiger partial charge in [-0.2, -0.15) is 0 Å². The first-order chi connectivity index (χ1) is 66.4. The van der Waals surface area contributed by atoms with Crippen molar-refractivity contribution in [2.24, 2.45) is 16.2 Å². The normalized spacial score (nSPS) is 13.3. The molecule has 0 saturated carbocycles. The quantitative estimate of drug-likeness (QED) is 0.130. The molecule has 12 aromatic carbocycles. The van der Waals surface area contributed by atoms with Crippen LogP contribution in [-0.4, -0.2) is 29.9 Å². The van der Waals surface area contributed by atoms with Crippen molar-refractivity contribution in [2.45, 2.75) is 130 Å². The Morgan fingerprint density at radius 3 is 0.946 bits per heavy atom. The summed E-state index contributed by atoms with van der Waals surface area (Å²) < 4.78 is 124. The van der Waals surface area contributed by atoms with E-state index in [1.807, 2.05) is 178 Å². The summed E-state index contributed by atoms with van der Waals surface area (Å²) in [6.45, 7) is 18.5. The first-order valence-electron chi connectivity index (χ1n) is 48.9. The number of pyridine rings is 6. The van der Waals surface area contributed by atoms with Crippen molar-refractivity contribution in [3.8, 4) is 67.5 Å². The summed E-state index contributed by atoms with van der Waals surface area (Å²) in [6, 6.07) is 106. The van der Waals surface area contributed by atoms with Crippen molar-refractivity contribution in [3.05, 3.63) is 396 Å². The van der Waals surface area contributed by atoms with Gasteiger partial charge in [0.05, 0.1) is 16.7 Å². The van der Waals surface area contributed by atoms with Crippen LogP contribution in [0.3, 0.4) is 0 Å². The molecule has 0 bridgehead atoms. The maximum atomic E-state index is 8.80. The third-order valence-electron chi connectivity index (χ3n) is 21.3. The van der Waals surface area contributed by atoms with Gasteiger partial charge in [-0.3, -0.25) is 0 Å². The van der Waals surface area contributed by atoms with Gasteiger partial charge in [0.15, 0.2) is 0 Å². The summed E-state index contributed by atoms with van der Waals surface area (Å²) in [6.07, 6.45) is 6.84. The number of fused-ring (bicyclic) bond motifs is 15. The average molecular weight is 2240 g/mol. The Bertz CT molecular complexity index is 7790. The second-order valence-corrected chi connectivity index (χ2v) is 35.0. The van der Waals surface area contributed by atoms with Crippen molar-refractivity contribution >= 4 is 98.1 Å². The number of aryl methyl sites for hydroxylation is 7. The molecule has 3 radical (unpaired) electrons. The van der Waals surface area contributed by atoms with Gasteiger partial charge in [0.1, 0.15) is 16.7 Å². The summed E-state index contributed by atoms with van der Waals surface area (Å²) in [4.78, 5) is 26.4. The van der Waals surface area contributed by atoms with E-state index in [-0.39, 0.29) is 93.5 Å². The minimum absolute atomic E-state index is 0. The smallest absolute Gasteiger partial charge is 0.128 e. The minimum atomic E-state index is -2.49. The van der Waals surface area contributed by atoms with Gasteiger partial charge in [0.25, 0.3) is 0 Å². The fourth-order valence-corrected chi connectivity index (χ4v) is 15.2. The topological polar surface area (TPSA) is 117 Å². The van der Waals surface area contributed by atoms with E-state index in [9.17, 15) is 0 Å². The molecule has 9 nitrogen and oxygen atoms in total. The summed E-state index contributed by atoms with van der Waals surface area (Å²) in [7, 11) is 0. The van der Waals surface area contributed by atoms with Gasteiger partial charge >= 0.3 is 0 Å². The fraction of sp³-hybridized carbons (Fsp3) is 0.186. The molecule has 9 aromatic heterocycles. The molecule has 9 heterocycles. The number of rotatable bonds is 9. The molecular formula is C118H104Ir3N6O3-6. The zero-order valence-corrected chi connectivity index (χ0v) is 81.7. The van der Waals surface area contributed by atoms with Gasteiger partial charge in [0.2, 0.25) is 0 Å². The molecule has 21 aromatic rings. The average Bonchev–Trinajstić information content (AvgIpc) is 1.69. The van der Waals surface area contributed by atoms with E-state index in [4.69, 9.17) is 36.1 Å². The van der Waals surface area contributed by atoms with Crippen LogP contribution in [0.4, 0.5) is 0 Å². The molecule has 21 rings (SSSR count). The van der Waals surface area contributed by atoms with Crippen LogP contribution >= 0.6 is 0 Å². The minimum Gasteiger partial charge on any atom is -0.500 e. The number of benzene rings is 12. The molecule has 0 amide bonds. The molecule has 0 unspecified atom stereocenters. The molecule has 130 heavy (non-hydrogen) atoms. The van der Waals surface area contributed by atoms with Crippen molar-refractivity contribution in [1.29, 1.82) is 0 Å². The summed E-state index contributed by atoms with van der Waals surface area (Å²) in [5.41, 5.74) is 19.0. The van der Waals surface area contributed by atoms with Crippen molar-refractivity contribution in [1.82, 2.24) is 29.9 Å². The molecule has 12 heteroatoms. The maximum absolute atomic E-state index is 8.80. The zero-order valence-electron chi connectivity index (χ0n) is 87.5. The van der Waals surface area contributed by atoms with E-state index >= 15 is 0 Å². The van der Waals surface area contributed by atoms with E-state index in [2.05, 4.69) is 175 Å². The van der Waals surface area contributed by atoms with Crippen LogP contribution in [0.25, 0.3) is 166 Å². The van der Waals surface area contributed by atoms with Gasteiger partial charge in [-0.05, 0) is 160 Å². The number of aromatic nitrogens is 6. The second-order valence-electron chi connectivity index (χ2n) is 35.0. The van der Waals surface area contributed by atoms with Gasteiger partial charge in [0, 0.05) is 148 Å². The van der Waals surface area contributed by atoms with Crippen molar-refractivity contribution < 1.29 is 91.4 Å². The first-order valence-corrected chi connectivity index (χ1v) is 42.4. The molecule has 0 fully saturated rings. The van der Waals surface area contributed by atoms with Crippen LogP contribution in [0.15, 0.2) is 317 Å². The Kier molecular flexibility index (Phi) is 25.2. The monoisotopic (exact) mass is 2240 g/mol. The van der Waals surface area contributed by atoms with Gasteiger partial charge in [-0.15, -0.1) is 162 Å². The maximum Gasteiger partial charge on any atom is 0.128 e. The summed E-state index contributed by atoms with van der Waals surface area (Å²) in [5, 5.41) is 12.4. The molecule has 0 N–H and O–H groups in total. The van der Waals surface area contributed by atoms with E-state index < -0.39 is 44.1 Å². The summed E-state index contributed by atoms with van der Waals surface area (Å²) in [5.74, 6) is 0. The van der Waals surface area contributed by atoms with Crippen LogP contribution in [0.2, 0.25) is 0 Å². The Labute approximate surface area is 823 Å². The third-order valence-corrected chi connectivity index (χ3v) is 21.3. The summed E-state index contributed by atoms with van der Waals surface area (Å²) >= 11 is 0. The standard InChI is InChI=1S/3C27H24NO.C13H12N.2C12H10N.3Ir/c3*1-17-16-28-24(14-19(17)15-27(2,3)4)23-11-7-10-21-22-13-12-18-8-5-6-9-20(18)25(22)29-26(21)23;1-10-3-6-12(7-4-10)13-8-5-11(2)9-14-13;2*1-10-7-8-12(13-9-10)11-5-3-2-4-6-11;;;/h3*5-10,12-14,16H,15H2,1-4H3;3-6,8-9H,1-2H3;2*2-5,7-9H,1H3;;;/q6*-1;;;/i2*1D3,15D2;;;1D3;;;;. The Balaban J connectivity index is 0.000000149. The zero-order chi connectivity index (χ0) is 99.8. The Morgan fingerprint density at radius 2 is 0.615 bits per heavy atom. The molecule has 657 valence electrons. The number of furan rings is 3. The second kappa shape index (κ2) is 41.6. The Morgan fingerprint density at radius 1 is 0.277 bits per heavy atom. The number of hydrogen-bond donors (Lipinski definition) is 0. The van der Waals surface area contributed by atoms with Gasteiger partial charge < -0.3 is 43.2 Å².